The van der Waals surface area contributed by atoms with Crippen molar-refractivity contribution in [1.29, 1.82) is 5.41 Å². The summed E-state index contributed by atoms with van der Waals surface area (Å²) in [6, 6.07) is 7.84. The van der Waals surface area contributed by atoms with E-state index in [1.165, 1.54) is 16.8 Å². The summed E-state index contributed by atoms with van der Waals surface area (Å²) in [5.74, 6) is -0.0285. The number of amidine groups is 2. The molecule has 0 fully saturated rings. The molecule has 2 aliphatic rings. The number of aliphatic imine (C=N–C) groups is 1. The molecule has 0 saturated heterocycles. The number of aromatic nitrogens is 1. The fraction of sp³-hybridized carbons (Fsp3) is 0.333. The number of nitrogens with zero attached hydrogens (tertiary/aromatic N) is 4. The Morgan fingerprint density at radius 1 is 1.22 bits per heavy atom. The fourth-order valence-electron chi connectivity index (χ4n) is 4.11. The standard InChI is InChI=1S/C24H26ClN5OS/c1-6-16(7-2)23-28-30-21(26)18(22(31)27-24(30)32-23)12-17-11-13(3)29(15(17)5)20-10-8-9-19(25)14(20)4/h8-12,16,26H,6-7H2,1-5H3/b18-12+,26-21?. The molecule has 0 radical (unpaired) electrons. The van der Waals surface area contributed by atoms with Crippen LogP contribution in [0.3, 0.4) is 0 Å². The van der Waals surface area contributed by atoms with Crippen LogP contribution in [0, 0.1) is 32.1 Å². The average Bonchev–Trinajstić information content (AvgIpc) is 3.29. The van der Waals surface area contributed by atoms with Crippen LogP contribution in [-0.4, -0.2) is 31.5 Å². The molecule has 3 heterocycles. The molecule has 1 aromatic carbocycles. The Morgan fingerprint density at radius 2 is 1.94 bits per heavy atom. The van der Waals surface area contributed by atoms with Gasteiger partial charge in [-0.15, -0.1) is 0 Å². The first-order valence-electron chi connectivity index (χ1n) is 10.7. The molecule has 0 spiro atoms. The molecule has 2 aromatic rings. The number of halogens is 1. The number of hydrazone groups is 1. The predicted molar refractivity (Wildman–Crippen MR) is 134 cm³/mol. The summed E-state index contributed by atoms with van der Waals surface area (Å²) in [6.07, 6.45) is 3.67. The number of aryl methyl sites for hydroxylation is 1. The van der Waals surface area contributed by atoms with Crippen molar-refractivity contribution in [3.8, 4) is 5.69 Å². The number of hydrogen-bond donors (Lipinski definition) is 1. The van der Waals surface area contributed by atoms with Gasteiger partial charge in [-0.3, -0.25) is 10.2 Å². The minimum Gasteiger partial charge on any atom is -0.318 e. The molecular weight excluding hydrogens is 442 g/mol. The monoisotopic (exact) mass is 467 g/mol. The normalized spacial score (nSPS) is 17.3. The van der Waals surface area contributed by atoms with E-state index in [1.54, 1.807) is 6.08 Å². The van der Waals surface area contributed by atoms with Gasteiger partial charge in [-0.2, -0.15) is 15.1 Å². The number of benzene rings is 1. The summed E-state index contributed by atoms with van der Waals surface area (Å²) in [6.45, 7) is 10.3. The summed E-state index contributed by atoms with van der Waals surface area (Å²) in [4.78, 5) is 17.1. The number of carbonyl (C=O) groups excluding carboxylic acids is 1. The Labute approximate surface area is 197 Å². The van der Waals surface area contributed by atoms with Crippen LogP contribution >= 0.6 is 23.4 Å². The summed E-state index contributed by atoms with van der Waals surface area (Å²) in [7, 11) is 0. The zero-order chi connectivity index (χ0) is 23.2. The molecule has 0 unspecified atom stereocenters. The second-order valence-electron chi connectivity index (χ2n) is 8.02. The first-order chi connectivity index (χ1) is 15.3. The highest BCUT2D eigenvalue weighted by atomic mass is 35.5. The van der Waals surface area contributed by atoms with Gasteiger partial charge in [0.1, 0.15) is 5.04 Å². The molecule has 1 amide bonds. The van der Waals surface area contributed by atoms with Gasteiger partial charge in [0.25, 0.3) is 5.91 Å². The van der Waals surface area contributed by atoms with E-state index in [0.717, 1.165) is 46.1 Å². The van der Waals surface area contributed by atoms with Crippen molar-refractivity contribution in [3.63, 3.8) is 0 Å². The Bertz CT molecular complexity index is 1220. The van der Waals surface area contributed by atoms with E-state index < -0.39 is 5.91 Å². The SMILES string of the molecule is CCC(CC)C1=NN2C(=N)/C(=C\c3cc(C)n(-c4cccc(Cl)c4C)c3C)C(=O)N=C2S1. The van der Waals surface area contributed by atoms with Gasteiger partial charge in [0.15, 0.2) is 5.84 Å². The number of fused-ring (bicyclic) bond motifs is 1. The molecule has 1 N–H and O–H groups in total. The molecule has 32 heavy (non-hydrogen) atoms. The summed E-state index contributed by atoms with van der Waals surface area (Å²) < 4.78 is 2.12. The summed E-state index contributed by atoms with van der Waals surface area (Å²) in [5, 5.41) is 16.9. The molecule has 8 heteroatoms. The highest BCUT2D eigenvalue weighted by Gasteiger charge is 2.37. The van der Waals surface area contributed by atoms with E-state index in [-0.39, 0.29) is 11.4 Å². The number of rotatable bonds is 5. The van der Waals surface area contributed by atoms with Crippen molar-refractivity contribution in [2.75, 3.05) is 0 Å². The topological polar surface area (TPSA) is 73.8 Å². The fourth-order valence-corrected chi connectivity index (χ4v) is 5.43. The highest BCUT2D eigenvalue weighted by molar-refractivity contribution is 8.27. The van der Waals surface area contributed by atoms with E-state index in [9.17, 15) is 4.79 Å². The van der Waals surface area contributed by atoms with Crippen LogP contribution in [0.2, 0.25) is 5.02 Å². The molecule has 6 nitrogen and oxygen atoms in total. The van der Waals surface area contributed by atoms with E-state index in [4.69, 9.17) is 17.0 Å². The van der Waals surface area contributed by atoms with Gasteiger partial charge in [-0.1, -0.05) is 31.5 Å². The van der Waals surface area contributed by atoms with E-state index in [0.29, 0.717) is 16.1 Å². The van der Waals surface area contributed by atoms with Crippen molar-refractivity contribution >= 4 is 51.4 Å². The Hall–Kier alpha value is -2.64. The predicted octanol–water partition coefficient (Wildman–Crippen LogP) is 6.11. The Morgan fingerprint density at radius 3 is 2.62 bits per heavy atom. The van der Waals surface area contributed by atoms with Gasteiger partial charge < -0.3 is 4.57 Å². The van der Waals surface area contributed by atoms with Gasteiger partial charge in [0.05, 0.1) is 5.57 Å². The van der Waals surface area contributed by atoms with Gasteiger partial charge in [0.2, 0.25) is 5.17 Å². The zero-order valence-corrected chi connectivity index (χ0v) is 20.4. The number of hydrogen-bond acceptors (Lipinski definition) is 4. The first-order valence-corrected chi connectivity index (χ1v) is 11.9. The summed E-state index contributed by atoms with van der Waals surface area (Å²) in [5.41, 5.74) is 5.08. The lowest BCUT2D eigenvalue weighted by molar-refractivity contribution is -0.114. The Balaban J connectivity index is 1.74. The summed E-state index contributed by atoms with van der Waals surface area (Å²) >= 11 is 7.74. The maximum absolute atomic E-state index is 12.8. The van der Waals surface area contributed by atoms with Crippen molar-refractivity contribution in [2.45, 2.75) is 47.5 Å². The third-order valence-corrected chi connectivity index (χ3v) is 7.54. The van der Waals surface area contributed by atoms with Crippen molar-refractivity contribution in [1.82, 2.24) is 9.58 Å². The lowest BCUT2D eigenvalue weighted by Gasteiger charge is -2.20. The van der Waals surface area contributed by atoms with Crippen LogP contribution in [-0.2, 0) is 4.79 Å². The molecule has 0 atom stereocenters. The highest BCUT2D eigenvalue weighted by Crippen LogP contribution is 2.34. The van der Waals surface area contributed by atoms with E-state index in [1.807, 2.05) is 45.0 Å². The van der Waals surface area contributed by atoms with Gasteiger partial charge in [0, 0.05) is 28.0 Å². The van der Waals surface area contributed by atoms with E-state index >= 15 is 0 Å². The molecule has 1 aromatic heterocycles. The Kier molecular flexibility index (Phi) is 6.14. The van der Waals surface area contributed by atoms with Crippen LogP contribution < -0.4 is 0 Å². The molecule has 166 valence electrons. The van der Waals surface area contributed by atoms with Crippen LogP contribution in [0.1, 0.15) is 49.2 Å². The maximum atomic E-state index is 12.8. The zero-order valence-electron chi connectivity index (χ0n) is 18.9. The first kappa shape index (κ1) is 22.6. The van der Waals surface area contributed by atoms with Crippen LogP contribution in [0.25, 0.3) is 11.8 Å². The van der Waals surface area contributed by atoms with Crippen LogP contribution in [0.15, 0.2) is 39.9 Å². The molecule has 4 rings (SSSR count). The van der Waals surface area contributed by atoms with Crippen LogP contribution in [0.5, 0.6) is 0 Å². The number of thioether (sulfide) groups is 1. The molecule has 0 bridgehead atoms. The third-order valence-electron chi connectivity index (χ3n) is 6.06. The second-order valence-corrected chi connectivity index (χ2v) is 9.41. The minimum absolute atomic E-state index is 0.0668. The average molecular weight is 468 g/mol. The van der Waals surface area contributed by atoms with Crippen molar-refractivity contribution in [3.05, 3.63) is 57.4 Å². The molecular formula is C24H26ClN5OS. The van der Waals surface area contributed by atoms with Gasteiger partial charge >= 0.3 is 0 Å². The lowest BCUT2D eigenvalue weighted by atomic mass is 10.1. The van der Waals surface area contributed by atoms with Crippen molar-refractivity contribution < 1.29 is 4.79 Å². The van der Waals surface area contributed by atoms with Crippen molar-refractivity contribution in [2.24, 2.45) is 16.0 Å². The molecule has 0 saturated carbocycles. The number of amides is 1. The largest absolute Gasteiger partial charge is 0.318 e. The lowest BCUT2D eigenvalue weighted by Crippen LogP contribution is -2.35. The second kappa shape index (κ2) is 8.71. The number of carbonyl (C=O) groups is 1. The minimum atomic E-state index is -0.404. The van der Waals surface area contributed by atoms with Gasteiger partial charge in [-0.05, 0) is 80.8 Å². The van der Waals surface area contributed by atoms with Gasteiger partial charge in [-0.25, -0.2) is 0 Å². The van der Waals surface area contributed by atoms with Crippen LogP contribution in [0.4, 0.5) is 0 Å². The smallest absolute Gasteiger partial charge is 0.283 e. The third kappa shape index (κ3) is 3.73. The number of nitrogens with one attached hydrogen (secondary N) is 1. The van der Waals surface area contributed by atoms with E-state index in [2.05, 4.69) is 28.5 Å². The maximum Gasteiger partial charge on any atom is 0.283 e. The molecule has 0 aliphatic carbocycles. The molecule has 2 aliphatic heterocycles. The quantitative estimate of drug-likeness (QED) is 0.539.